The molecular formula is C21H23ClFN7O. The summed E-state index contributed by atoms with van der Waals surface area (Å²) >= 11 is 5.84. The number of nitrogens with one attached hydrogen (secondary N) is 1. The normalized spacial score (nSPS) is 22.6. The Morgan fingerprint density at radius 1 is 1.16 bits per heavy atom. The lowest BCUT2D eigenvalue weighted by Crippen LogP contribution is -2.48. The second-order valence-electron chi connectivity index (χ2n) is 8.21. The molecule has 1 aliphatic carbocycles. The molecule has 1 aromatic carbocycles. The predicted molar refractivity (Wildman–Crippen MR) is 115 cm³/mol. The van der Waals surface area contributed by atoms with Crippen molar-refractivity contribution in [3.05, 3.63) is 47.1 Å². The van der Waals surface area contributed by atoms with Gasteiger partial charge in [-0.2, -0.15) is 4.98 Å². The first-order valence-electron chi connectivity index (χ1n) is 10.3. The third-order valence-electron chi connectivity index (χ3n) is 6.07. The summed E-state index contributed by atoms with van der Waals surface area (Å²) in [5.74, 6) is 2.40. The van der Waals surface area contributed by atoms with Crippen molar-refractivity contribution in [2.45, 2.75) is 25.8 Å². The average Bonchev–Trinajstić information content (AvgIpc) is 3.18. The van der Waals surface area contributed by atoms with Crippen molar-refractivity contribution in [3.63, 3.8) is 0 Å². The maximum atomic E-state index is 13.4. The summed E-state index contributed by atoms with van der Waals surface area (Å²) in [5, 5.41) is 7.98. The minimum atomic E-state index is -0.492. The Kier molecular flexibility index (Phi) is 5.13. The first kappa shape index (κ1) is 20.0. The first-order chi connectivity index (χ1) is 15.0. The second kappa shape index (κ2) is 7.96. The van der Waals surface area contributed by atoms with Gasteiger partial charge in [0.2, 0.25) is 5.95 Å². The van der Waals surface area contributed by atoms with E-state index < -0.39 is 5.82 Å². The van der Waals surface area contributed by atoms with E-state index in [1.807, 2.05) is 13.0 Å². The standard InChI is InChI=1S/C21H23ClFN7O/c1-12-7-18(25-11-24-12)30-9-13-3-4-14(10-30)19(13)26-20-27-21(29(2)28-20)31-15-5-6-17(23)16(22)8-15/h5-8,11,13-14,19H,3-4,9-10H2,1-2H3,(H,26,28)/t13-,14+,19?. The van der Waals surface area contributed by atoms with E-state index in [0.29, 0.717) is 35.6 Å². The highest BCUT2D eigenvalue weighted by atomic mass is 35.5. The molecule has 10 heteroatoms. The number of rotatable bonds is 5. The molecule has 2 fully saturated rings. The molecule has 0 spiro atoms. The van der Waals surface area contributed by atoms with Crippen LogP contribution >= 0.6 is 11.6 Å². The Morgan fingerprint density at radius 3 is 2.65 bits per heavy atom. The number of fused-ring (bicyclic) bond motifs is 2. The molecule has 1 unspecified atom stereocenters. The van der Waals surface area contributed by atoms with Crippen molar-refractivity contribution in [1.29, 1.82) is 0 Å². The summed E-state index contributed by atoms with van der Waals surface area (Å²) in [5.41, 5.74) is 0.977. The van der Waals surface area contributed by atoms with Crippen LogP contribution in [0.2, 0.25) is 5.02 Å². The first-order valence-corrected chi connectivity index (χ1v) is 10.7. The molecule has 3 heterocycles. The molecule has 0 radical (unpaired) electrons. The van der Waals surface area contributed by atoms with Crippen LogP contribution in [-0.2, 0) is 7.05 Å². The van der Waals surface area contributed by atoms with Crippen molar-refractivity contribution < 1.29 is 9.13 Å². The van der Waals surface area contributed by atoms with Gasteiger partial charge in [-0.05, 0) is 43.7 Å². The highest BCUT2D eigenvalue weighted by Crippen LogP contribution is 2.39. The highest BCUT2D eigenvalue weighted by Gasteiger charge is 2.43. The number of benzene rings is 1. The van der Waals surface area contributed by atoms with Crippen LogP contribution in [0.25, 0.3) is 0 Å². The molecule has 8 nitrogen and oxygen atoms in total. The average molecular weight is 444 g/mol. The maximum absolute atomic E-state index is 13.4. The van der Waals surface area contributed by atoms with Gasteiger partial charge in [0, 0.05) is 44.0 Å². The fourth-order valence-corrected chi connectivity index (χ4v) is 4.74. The third kappa shape index (κ3) is 4.01. The predicted octanol–water partition coefficient (Wildman–Crippen LogP) is 3.83. The van der Waals surface area contributed by atoms with Crippen LogP contribution in [0.4, 0.5) is 16.2 Å². The molecule has 1 N–H and O–H groups in total. The van der Waals surface area contributed by atoms with Gasteiger partial charge in [-0.3, -0.25) is 0 Å². The topological polar surface area (TPSA) is 81.0 Å². The van der Waals surface area contributed by atoms with Gasteiger partial charge in [0.1, 0.15) is 23.7 Å². The lowest BCUT2D eigenvalue weighted by molar-refractivity contribution is 0.374. The number of halogens is 2. The number of ether oxygens (including phenoxy) is 1. The second-order valence-corrected chi connectivity index (χ2v) is 8.62. The van der Waals surface area contributed by atoms with Crippen molar-refractivity contribution in [3.8, 4) is 11.8 Å². The quantitative estimate of drug-likeness (QED) is 0.641. The van der Waals surface area contributed by atoms with Gasteiger partial charge in [0.05, 0.1) is 5.02 Å². The fourth-order valence-electron chi connectivity index (χ4n) is 4.57. The number of aryl methyl sites for hydroxylation is 2. The molecule has 1 saturated heterocycles. The SMILES string of the molecule is Cc1cc(N2C[C@H]3CC[C@@H](C2)C3Nc2nc(Oc3ccc(F)c(Cl)c3)n(C)n2)ncn1. The Hall–Kier alpha value is -2.94. The molecule has 162 valence electrons. The lowest BCUT2D eigenvalue weighted by atomic mass is 9.92. The van der Waals surface area contributed by atoms with Gasteiger partial charge in [-0.1, -0.05) is 11.6 Å². The van der Waals surface area contributed by atoms with Crippen molar-refractivity contribution >= 4 is 23.4 Å². The van der Waals surface area contributed by atoms with Crippen LogP contribution in [-0.4, -0.2) is 43.9 Å². The van der Waals surface area contributed by atoms with E-state index in [0.717, 1.165) is 37.4 Å². The number of anilines is 2. The Labute approximate surface area is 184 Å². The zero-order chi connectivity index (χ0) is 21.5. The van der Waals surface area contributed by atoms with Gasteiger partial charge in [-0.15, -0.1) is 5.10 Å². The Morgan fingerprint density at radius 2 is 1.94 bits per heavy atom. The molecule has 2 aliphatic rings. The molecule has 1 aliphatic heterocycles. The van der Waals surface area contributed by atoms with Gasteiger partial charge in [0.25, 0.3) is 0 Å². The summed E-state index contributed by atoms with van der Waals surface area (Å²) < 4.78 is 20.7. The minimum Gasteiger partial charge on any atom is -0.424 e. The van der Waals surface area contributed by atoms with E-state index in [-0.39, 0.29) is 5.02 Å². The number of aromatic nitrogens is 5. The van der Waals surface area contributed by atoms with Crippen LogP contribution < -0.4 is 15.0 Å². The van der Waals surface area contributed by atoms with Gasteiger partial charge in [0.15, 0.2) is 0 Å². The van der Waals surface area contributed by atoms with Gasteiger partial charge >= 0.3 is 6.01 Å². The molecule has 3 aromatic rings. The van der Waals surface area contributed by atoms with Crippen LogP contribution in [0.5, 0.6) is 11.8 Å². The minimum absolute atomic E-state index is 0.000216. The summed E-state index contributed by atoms with van der Waals surface area (Å²) in [6, 6.07) is 6.84. The van der Waals surface area contributed by atoms with E-state index in [1.54, 1.807) is 18.1 Å². The highest BCUT2D eigenvalue weighted by molar-refractivity contribution is 6.30. The van der Waals surface area contributed by atoms with Crippen molar-refractivity contribution in [2.24, 2.45) is 18.9 Å². The molecule has 5 rings (SSSR count). The van der Waals surface area contributed by atoms with E-state index in [1.165, 1.54) is 18.2 Å². The third-order valence-corrected chi connectivity index (χ3v) is 6.36. The smallest absolute Gasteiger partial charge is 0.321 e. The molecule has 0 amide bonds. The van der Waals surface area contributed by atoms with Crippen LogP contribution in [0.3, 0.4) is 0 Å². The fraction of sp³-hybridized carbons (Fsp3) is 0.429. The zero-order valence-corrected chi connectivity index (χ0v) is 18.1. The van der Waals surface area contributed by atoms with Gasteiger partial charge in [-0.25, -0.2) is 19.0 Å². The van der Waals surface area contributed by atoms with Crippen molar-refractivity contribution in [2.75, 3.05) is 23.3 Å². The monoisotopic (exact) mass is 443 g/mol. The number of nitrogens with zero attached hydrogens (tertiary/aromatic N) is 6. The summed E-state index contributed by atoms with van der Waals surface area (Å²) in [7, 11) is 1.76. The number of piperidine rings is 1. The van der Waals surface area contributed by atoms with E-state index in [2.05, 4.69) is 30.3 Å². The molecule has 3 atom stereocenters. The number of hydrogen-bond acceptors (Lipinski definition) is 7. The van der Waals surface area contributed by atoms with Crippen LogP contribution in [0.15, 0.2) is 30.6 Å². The van der Waals surface area contributed by atoms with Crippen LogP contribution in [0.1, 0.15) is 18.5 Å². The molecule has 31 heavy (non-hydrogen) atoms. The molecule has 2 aromatic heterocycles. The zero-order valence-electron chi connectivity index (χ0n) is 17.3. The van der Waals surface area contributed by atoms with E-state index in [4.69, 9.17) is 16.3 Å². The largest absolute Gasteiger partial charge is 0.424 e. The maximum Gasteiger partial charge on any atom is 0.321 e. The Balaban J connectivity index is 1.28. The van der Waals surface area contributed by atoms with Gasteiger partial charge < -0.3 is 15.0 Å². The van der Waals surface area contributed by atoms with E-state index in [9.17, 15) is 4.39 Å². The molecule has 2 bridgehead atoms. The molecular weight excluding hydrogens is 421 g/mol. The number of hydrogen-bond donors (Lipinski definition) is 1. The van der Waals surface area contributed by atoms with Crippen LogP contribution in [0, 0.1) is 24.6 Å². The van der Waals surface area contributed by atoms with E-state index >= 15 is 0 Å². The summed E-state index contributed by atoms with van der Waals surface area (Å²) in [6.07, 6.45) is 3.95. The summed E-state index contributed by atoms with van der Waals surface area (Å²) in [4.78, 5) is 15.5. The molecule has 1 saturated carbocycles. The van der Waals surface area contributed by atoms with Crippen molar-refractivity contribution in [1.82, 2.24) is 24.7 Å². The lowest BCUT2D eigenvalue weighted by Gasteiger charge is -2.38. The summed E-state index contributed by atoms with van der Waals surface area (Å²) in [6.45, 7) is 3.87. The Bertz CT molecular complexity index is 1090.